The van der Waals surface area contributed by atoms with Crippen LogP contribution in [0.4, 0.5) is 4.39 Å². The molecule has 4 rings (SSSR count). The number of rotatable bonds is 7. The highest BCUT2D eigenvalue weighted by atomic mass is 32.2. The number of halogens is 1. The first-order valence-corrected chi connectivity index (χ1v) is 11.6. The Hall–Kier alpha value is -3.52. The number of hydrogen-bond acceptors (Lipinski definition) is 5. The van der Waals surface area contributed by atoms with E-state index in [2.05, 4.69) is 10.5 Å². The third kappa shape index (κ3) is 4.55. The first kappa shape index (κ1) is 21.7. The number of carbonyl (C=O) groups excluding carboxylic acids is 1. The summed E-state index contributed by atoms with van der Waals surface area (Å²) in [6, 6.07) is 18.8. The summed E-state index contributed by atoms with van der Waals surface area (Å²) < 4.78 is 45.1. The van der Waals surface area contributed by atoms with Gasteiger partial charge < -0.3 is 9.84 Å². The first-order chi connectivity index (χ1) is 15.3. The molecule has 1 amide bonds. The number of sulfone groups is 1. The lowest BCUT2D eigenvalue weighted by Crippen LogP contribution is -2.33. The molecule has 32 heavy (non-hydrogen) atoms. The van der Waals surface area contributed by atoms with Crippen LogP contribution in [0.25, 0.3) is 11.0 Å². The van der Waals surface area contributed by atoms with E-state index in [0.717, 1.165) is 23.1 Å². The van der Waals surface area contributed by atoms with E-state index in [4.69, 9.17) is 4.52 Å². The van der Waals surface area contributed by atoms with E-state index >= 15 is 0 Å². The highest BCUT2D eigenvalue weighted by Crippen LogP contribution is 2.29. The molecule has 0 fully saturated rings. The van der Waals surface area contributed by atoms with Gasteiger partial charge in [0.15, 0.2) is 15.4 Å². The maximum Gasteiger partial charge on any atom is 0.226 e. The number of hydrogen-bond donors (Lipinski definition) is 1. The van der Waals surface area contributed by atoms with E-state index in [1.54, 1.807) is 36.4 Å². The van der Waals surface area contributed by atoms with Crippen molar-refractivity contribution < 1.29 is 22.1 Å². The van der Waals surface area contributed by atoms with Crippen LogP contribution in [-0.2, 0) is 21.1 Å². The molecule has 0 saturated heterocycles. The van der Waals surface area contributed by atoms with Crippen molar-refractivity contribution in [1.29, 1.82) is 0 Å². The van der Waals surface area contributed by atoms with Gasteiger partial charge in [0.05, 0.1) is 11.3 Å². The quantitative estimate of drug-likeness (QED) is 0.426. The molecular weight excluding hydrogens is 431 g/mol. The second kappa shape index (κ2) is 8.92. The molecule has 8 heteroatoms. The second-order valence-corrected chi connectivity index (χ2v) is 9.64. The number of nitrogens with one attached hydrogen (secondary N) is 1. The maximum absolute atomic E-state index is 13.3. The molecule has 6 nitrogen and oxygen atoms in total. The lowest BCUT2D eigenvalue weighted by atomic mass is 10.1. The van der Waals surface area contributed by atoms with Crippen molar-refractivity contribution in [2.24, 2.45) is 0 Å². The van der Waals surface area contributed by atoms with Gasteiger partial charge >= 0.3 is 0 Å². The highest BCUT2D eigenvalue weighted by Gasteiger charge is 2.29. The first-order valence-electron chi connectivity index (χ1n) is 10.0. The Labute approximate surface area is 185 Å². The smallest absolute Gasteiger partial charge is 0.226 e. The number of aromatic nitrogens is 1. The van der Waals surface area contributed by atoms with E-state index in [1.165, 1.54) is 12.1 Å². The van der Waals surface area contributed by atoms with Gasteiger partial charge in [-0.05, 0) is 48.9 Å². The fourth-order valence-corrected chi connectivity index (χ4v) is 5.18. The highest BCUT2D eigenvalue weighted by molar-refractivity contribution is 7.91. The number of amides is 1. The topological polar surface area (TPSA) is 89.3 Å². The van der Waals surface area contributed by atoms with Gasteiger partial charge in [0.2, 0.25) is 5.91 Å². The van der Waals surface area contributed by atoms with Gasteiger partial charge in [-0.25, -0.2) is 12.8 Å². The number of fused-ring (bicyclic) bond motifs is 1. The molecule has 0 aliphatic rings. The predicted molar refractivity (Wildman–Crippen MR) is 118 cm³/mol. The Morgan fingerprint density at radius 2 is 1.78 bits per heavy atom. The summed E-state index contributed by atoms with van der Waals surface area (Å²) >= 11 is 0. The van der Waals surface area contributed by atoms with Crippen LogP contribution in [-0.4, -0.2) is 26.0 Å². The van der Waals surface area contributed by atoms with Crippen molar-refractivity contribution in [2.45, 2.75) is 23.5 Å². The third-order valence-corrected chi connectivity index (χ3v) is 7.32. The number of benzene rings is 3. The largest absolute Gasteiger partial charge is 0.356 e. The van der Waals surface area contributed by atoms with Gasteiger partial charge in [0.1, 0.15) is 16.8 Å². The number of carbonyl (C=O) groups is 1. The zero-order chi connectivity index (χ0) is 22.7. The summed E-state index contributed by atoms with van der Waals surface area (Å²) in [5.74, 6) is -0.902. The van der Waals surface area contributed by atoms with Crippen molar-refractivity contribution in [3.63, 3.8) is 0 Å². The van der Waals surface area contributed by atoms with Crippen LogP contribution in [0, 0.1) is 12.7 Å². The molecule has 0 bridgehead atoms. The number of aryl methyl sites for hydroxylation is 1. The molecule has 4 aromatic rings. The lowest BCUT2D eigenvalue weighted by molar-refractivity contribution is -0.120. The minimum Gasteiger partial charge on any atom is -0.356 e. The summed E-state index contributed by atoms with van der Waals surface area (Å²) in [4.78, 5) is 12.6. The van der Waals surface area contributed by atoms with Crippen molar-refractivity contribution in [2.75, 3.05) is 6.54 Å². The minimum atomic E-state index is -3.88. The summed E-state index contributed by atoms with van der Waals surface area (Å²) in [6.45, 7) is 1.79. The molecule has 1 atom stereocenters. The molecule has 3 aromatic carbocycles. The van der Waals surface area contributed by atoms with Crippen LogP contribution in [0.5, 0.6) is 0 Å². The molecule has 0 radical (unpaired) electrons. The summed E-state index contributed by atoms with van der Waals surface area (Å²) in [7, 11) is -3.88. The molecule has 0 aliphatic heterocycles. The van der Waals surface area contributed by atoms with Crippen LogP contribution in [0.3, 0.4) is 0 Å². The second-order valence-electron chi connectivity index (χ2n) is 7.51. The predicted octanol–water partition coefficient (Wildman–Crippen LogP) is 4.15. The fraction of sp³-hybridized carbons (Fsp3) is 0.167. The van der Waals surface area contributed by atoms with Crippen molar-refractivity contribution in [1.82, 2.24) is 10.5 Å². The van der Waals surface area contributed by atoms with Gasteiger partial charge in [-0.2, -0.15) is 0 Å². The van der Waals surface area contributed by atoms with Gasteiger partial charge in [0, 0.05) is 11.9 Å². The van der Waals surface area contributed by atoms with Gasteiger partial charge in [-0.3, -0.25) is 4.79 Å². The summed E-state index contributed by atoms with van der Waals surface area (Å²) in [6.07, 6.45) is -0.0471. The molecule has 0 saturated carbocycles. The Balaban J connectivity index is 1.55. The summed E-state index contributed by atoms with van der Waals surface area (Å²) in [5.41, 5.74) is 2.61. The fourth-order valence-electron chi connectivity index (χ4n) is 3.51. The van der Waals surface area contributed by atoms with Crippen molar-refractivity contribution >= 4 is 26.7 Å². The third-order valence-electron chi connectivity index (χ3n) is 5.20. The minimum absolute atomic E-state index is 0.0139. The van der Waals surface area contributed by atoms with Gasteiger partial charge in [-0.1, -0.05) is 47.1 Å². The van der Waals surface area contributed by atoms with E-state index in [1.807, 2.05) is 19.1 Å². The normalized spacial score (nSPS) is 12.6. The van der Waals surface area contributed by atoms with Crippen LogP contribution >= 0.6 is 0 Å². The Bertz CT molecular complexity index is 1350. The van der Waals surface area contributed by atoms with Crippen LogP contribution < -0.4 is 5.32 Å². The lowest BCUT2D eigenvalue weighted by Gasteiger charge is -2.19. The van der Waals surface area contributed by atoms with E-state index in [0.29, 0.717) is 16.8 Å². The average molecular weight is 453 g/mol. The van der Waals surface area contributed by atoms with Gasteiger partial charge in [-0.15, -0.1) is 0 Å². The van der Waals surface area contributed by atoms with Crippen LogP contribution in [0.1, 0.15) is 22.1 Å². The van der Waals surface area contributed by atoms with E-state index < -0.39 is 20.9 Å². The zero-order valence-electron chi connectivity index (χ0n) is 17.3. The SMILES string of the molecule is Cc1ccc2onc(CC(=O)NCC(c3ccccc3)S(=O)(=O)c3ccc(F)cc3)c2c1. The van der Waals surface area contributed by atoms with Crippen LogP contribution in [0.15, 0.2) is 82.2 Å². The van der Waals surface area contributed by atoms with E-state index in [-0.39, 0.29) is 23.8 Å². The molecule has 1 aromatic heterocycles. The van der Waals surface area contributed by atoms with Crippen LogP contribution in [0.2, 0.25) is 0 Å². The summed E-state index contributed by atoms with van der Waals surface area (Å²) in [5, 5.41) is 6.40. The molecule has 0 spiro atoms. The zero-order valence-corrected chi connectivity index (χ0v) is 18.1. The molecule has 0 aliphatic carbocycles. The standard InChI is InChI=1S/C24H21FN2O4S/c1-16-7-12-22-20(13-16)21(27-31-22)14-24(28)26-15-23(17-5-3-2-4-6-17)32(29,30)19-10-8-18(25)9-11-19/h2-13,23H,14-15H2,1H3,(H,26,28). The average Bonchev–Trinajstić information content (AvgIpc) is 3.16. The molecule has 1 heterocycles. The Morgan fingerprint density at radius 3 is 2.50 bits per heavy atom. The van der Waals surface area contributed by atoms with E-state index in [9.17, 15) is 17.6 Å². The van der Waals surface area contributed by atoms with Gasteiger partial charge in [0.25, 0.3) is 0 Å². The number of nitrogens with zero attached hydrogens (tertiary/aromatic N) is 1. The molecular formula is C24H21FN2O4S. The molecule has 164 valence electrons. The molecule has 1 unspecified atom stereocenters. The Morgan fingerprint density at radius 1 is 1.06 bits per heavy atom. The van der Waals surface area contributed by atoms with Crippen molar-refractivity contribution in [3.8, 4) is 0 Å². The maximum atomic E-state index is 13.3. The Kier molecular flexibility index (Phi) is 6.05. The molecule has 1 N–H and O–H groups in total. The monoisotopic (exact) mass is 452 g/mol. The van der Waals surface area contributed by atoms with Crippen molar-refractivity contribution in [3.05, 3.63) is 95.4 Å².